The summed E-state index contributed by atoms with van der Waals surface area (Å²) in [7, 11) is -3.45. The van der Waals surface area contributed by atoms with E-state index in [1.165, 1.54) is 6.07 Å². The number of anilines is 1. The molecule has 0 spiro atoms. The number of carbonyl (C=O) groups is 2. The Bertz CT molecular complexity index is 1200. The normalized spacial score (nSPS) is 19.1. The van der Waals surface area contributed by atoms with Gasteiger partial charge in [-0.1, -0.05) is 25.1 Å². The summed E-state index contributed by atoms with van der Waals surface area (Å²) in [6, 6.07) is 8.46. The number of benzene rings is 1. The Kier molecular flexibility index (Phi) is 8.48. The summed E-state index contributed by atoms with van der Waals surface area (Å²) in [5.74, 6) is 0.340. The van der Waals surface area contributed by atoms with Crippen molar-refractivity contribution in [1.82, 2.24) is 15.1 Å². The number of hydrogen-bond acceptors (Lipinski definition) is 6. The predicted molar refractivity (Wildman–Crippen MR) is 139 cm³/mol. The number of carbonyl (C=O) groups excluding carboxylic acids is 2. The number of aromatic nitrogens is 2. The lowest BCUT2D eigenvalue weighted by Gasteiger charge is -2.22. The van der Waals surface area contributed by atoms with Gasteiger partial charge in [-0.25, -0.2) is 17.9 Å². The molecule has 0 bridgehead atoms. The van der Waals surface area contributed by atoms with Gasteiger partial charge in [0.25, 0.3) is 0 Å². The number of hydrogen-bond donors (Lipinski definition) is 2. The second-order valence-electron chi connectivity index (χ2n) is 10.6. The Balaban J connectivity index is 1.73. The molecule has 1 fully saturated rings. The maximum absolute atomic E-state index is 12.9. The van der Waals surface area contributed by atoms with E-state index in [4.69, 9.17) is 9.84 Å². The monoisotopic (exact) mass is 518 g/mol. The topological polar surface area (TPSA) is 119 Å². The summed E-state index contributed by atoms with van der Waals surface area (Å²) in [4.78, 5) is 25.2. The van der Waals surface area contributed by atoms with Gasteiger partial charge in [-0.2, -0.15) is 5.10 Å². The Morgan fingerprint density at radius 1 is 1.22 bits per heavy atom. The standard InChI is InChI=1S/C26H38N4O5S/c1-7-17(2)27-25(32)35-20-13-12-18(14-20)21-16-23(30(29-21)26(3,4)5)28-24(31)15-19-10-8-9-11-22(19)36(6,33)34/h8-11,16-18,20H,7,12-15H2,1-6H3,(H,27,32)(H,28,31)/t17-,18-,20+/m0/s1. The number of nitrogens with zero attached hydrogens (tertiary/aromatic N) is 2. The molecule has 1 aliphatic carbocycles. The van der Waals surface area contributed by atoms with Gasteiger partial charge in [0, 0.05) is 24.3 Å². The SMILES string of the molecule is CC[C@H](C)NC(=O)O[C@@H]1CC[C@H](c2cc(NC(=O)Cc3ccccc3S(C)(=O)=O)n(C(C)(C)C)n2)C1. The molecule has 1 saturated carbocycles. The van der Waals surface area contributed by atoms with Crippen LogP contribution < -0.4 is 10.6 Å². The Morgan fingerprint density at radius 3 is 2.56 bits per heavy atom. The van der Waals surface area contributed by atoms with Crippen LogP contribution in [0.1, 0.15) is 77.5 Å². The summed E-state index contributed by atoms with van der Waals surface area (Å²) in [6.45, 7) is 9.94. The summed E-state index contributed by atoms with van der Waals surface area (Å²) in [5.41, 5.74) is 0.895. The zero-order chi connectivity index (χ0) is 26.7. The molecule has 9 nitrogen and oxygen atoms in total. The van der Waals surface area contributed by atoms with Crippen molar-refractivity contribution in [3.8, 4) is 0 Å². The van der Waals surface area contributed by atoms with Gasteiger partial charge in [-0.05, 0) is 65.0 Å². The molecule has 1 heterocycles. The van der Waals surface area contributed by atoms with Crippen molar-refractivity contribution >= 4 is 27.7 Å². The van der Waals surface area contributed by atoms with Gasteiger partial charge < -0.3 is 15.4 Å². The molecule has 1 aromatic heterocycles. The summed E-state index contributed by atoms with van der Waals surface area (Å²) < 4.78 is 31.6. The van der Waals surface area contributed by atoms with Crippen LogP contribution in [-0.2, 0) is 31.3 Å². The molecule has 2 amide bonds. The molecule has 0 aliphatic heterocycles. The minimum Gasteiger partial charge on any atom is -0.446 e. The number of amides is 2. The first kappa shape index (κ1) is 27.7. The van der Waals surface area contributed by atoms with Gasteiger partial charge in [0.15, 0.2) is 9.84 Å². The van der Waals surface area contributed by atoms with Gasteiger partial charge in [0.2, 0.25) is 5.91 Å². The largest absolute Gasteiger partial charge is 0.446 e. The van der Waals surface area contributed by atoms with E-state index >= 15 is 0 Å². The molecule has 198 valence electrons. The van der Waals surface area contributed by atoms with Crippen molar-refractivity contribution in [1.29, 1.82) is 0 Å². The molecule has 2 aromatic rings. The molecule has 3 atom stereocenters. The minimum absolute atomic E-state index is 0.0627. The van der Waals surface area contributed by atoms with Crippen molar-refractivity contribution in [2.24, 2.45) is 0 Å². The molecule has 10 heteroatoms. The average Bonchev–Trinajstić information content (AvgIpc) is 3.40. The molecule has 0 saturated heterocycles. The van der Waals surface area contributed by atoms with Gasteiger partial charge in [-0.15, -0.1) is 0 Å². The Morgan fingerprint density at radius 2 is 1.92 bits per heavy atom. The highest BCUT2D eigenvalue weighted by atomic mass is 32.2. The van der Waals surface area contributed by atoms with E-state index in [0.717, 1.165) is 31.2 Å². The van der Waals surface area contributed by atoms with Crippen LogP contribution in [-0.4, -0.2) is 48.6 Å². The van der Waals surface area contributed by atoms with Crippen molar-refractivity contribution in [3.63, 3.8) is 0 Å². The van der Waals surface area contributed by atoms with Crippen LogP contribution in [0.15, 0.2) is 35.2 Å². The van der Waals surface area contributed by atoms with Gasteiger partial charge in [0.05, 0.1) is 22.5 Å². The average molecular weight is 519 g/mol. The first-order chi connectivity index (χ1) is 16.8. The number of ether oxygens (including phenoxy) is 1. The smallest absolute Gasteiger partial charge is 0.407 e. The maximum atomic E-state index is 12.9. The fraction of sp³-hybridized carbons (Fsp3) is 0.577. The zero-order valence-electron chi connectivity index (χ0n) is 22.0. The van der Waals surface area contributed by atoms with Crippen LogP contribution in [0.25, 0.3) is 0 Å². The molecule has 36 heavy (non-hydrogen) atoms. The third-order valence-electron chi connectivity index (χ3n) is 6.41. The molecule has 1 aromatic carbocycles. The molecule has 0 unspecified atom stereocenters. The molecular weight excluding hydrogens is 480 g/mol. The molecule has 3 rings (SSSR count). The fourth-order valence-corrected chi connectivity index (χ4v) is 5.32. The molecular formula is C26H38N4O5S. The highest BCUT2D eigenvalue weighted by Crippen LogP contribution is 2.37. The predicted octanol–water partition coefficient (Wildman–Crippen LogP) is 4.38. The quantitative estimate of drug-likeness (QED) is 0.535. The van der Waals surface area contributed by atoms with E-state index in [0.29, 0.717) is 17.8 Å². The van der Waals surface area contributed by atoms with E-state index in [-0.39, 0.29) is 35.3 Å². The number of rotatable bonds is 8. The fourth-order valence-electron chi connectivity index (χ4n) is 4.38. The Hall–Kier alpha value is -2.88. The molecule has 1 aliphatic rings. The van der Waals surface area contributed by atoms with Gasteiger partial charge >= 0.3 is 6.09 Å². The van der Waals surface area contributed by atoms with Crippen LogP contribution in [0, 0.1) is 0 Å². The third kappa shape index (κ3) is 7.09. The van der Waals surface area contributed by atoms with Crippen LogP contribution in [0.3, 0.4) is 0 Å². The van der Waals surface area contributed by atoms with E-state index in [9.17, 15) is 18.0 Å². The van der Waals surface area contributed by atoms with E-state index < -0.39 is 21.5 Å². The van der Waals surface area contributed by atoms with E-state index in [1.54, 1.807) is 22.9 Å². The summed E-state index contributed by atoms with van der Waals surface area (Å²) in [6.07, 6.45) is 3.59. The highest BCUT2D eigenvalue weighted by molar-refractivity contribution is 7.90. The van der Waals surface area contributed by atoms with Crippen molar-refractivity contribution < 1.29 is 22.7 Å². The lowest BCUT2D eigenvalue weighted by molar-refractivity contribution is -0.115. The lowest BCUT2D eigenvalue weighted by Crippen LogP contribution is -2.34. The van der Waals surface area contributed by atoms with Gasteiger partial charge in [0.1, 0.15) is 11.9 Å². The van der Waals surface area contributed by atoms with Gasteiger partial charge in [-0.3, -0.25) is 4.79 Å². The van der Waals surface area contributed by atoms with Crippen LogP contribution in [0.4, 0.5) is 10.6 Å². The molecule has 2 N–H and O–H groups in total. The van der Waals surface area contributed by atoms with E-state index in [1.807, 2.05) is 40.7 Å². The van der Waals surface area contributed by atoms with Crippen molar-refractivity contribution in [2.75, 3.05) is 11.6 Å². The van der Waals surface area contributed by atoms with Crippen molar-refractivity contribution in [3.05, 3.63) is 41.6 Å². The second kappa shape index (κ2) is 11.0. The number of sulfone groups is 1. The first-order valence-corrected chi connectivity index (χ1v) is 14.3. The second-order valence-corrected chi connectivity index (χ2v) is 12.6. The summed E-state index contributed by atoms with van der Waals surface area (Å²) in [5, 5.41) is 10.6. The maximum Gasteiger partial charge on any atom is 0.407 e. The highest BCUT2D eigenvalue weighted by Gasteiger charge is 2.32. The first-order valence-electron chi connectivity index (χ1n) is 12.4. The zero-order valence-corrected chi connectivity index (χ0v) is 22.8. The summed E-state index contributed by atoms with van der Waals surface area (Å²) >= 11 is 0. The number of nitrogens with one attached hydrogen (secondary N) is 2. The van der Waals surface area contributed by atoms with Crippen LogP contribution in [0.5, 0.6) is 0 Å². The Labute approximate surface area is 213 Å². The van der Waals surface area contributed by atoms with E-state index in [2.05, 4.69) is 10.6 Å². The lowest BCUT2D eigenvalue weighted by atomic mass is 10.0. The van der Waals surface area contributed by atoms with Crippen LogP contribution in [0.2, 0.25) is 0 Å². The third-order valence-corrected chi connectivity index (χ3v) is 7.60. The van der Waals surface area contributed by atoms with Crippen molar-refractivity contribution in [2.45, 2.75) is 95.2 Å². The molecule has 0 radical (unpaired) electrons. The number of alkyl carbamates (subject to hydrolysis) is 1. The minimum atomic E-state index is -3.45. The van der Waals surface area contributed by atoms with Crippen LogP contribution >= 0.6 is 0 Å².